The molecule has 0 unspecified atom stereocenters. The summed E-state index contributed by atoms with van der Waals surface area (Å²) in [7, 11) is 0. The lowest BCUT2D eigenvalue weighted by molar-refractivity contribution is 0.480. The fourth-order valence-electron chi connectivity index (χ4n) is 2.86. The van der Waals surface area contributed by atoms with E-state index in [9.17, 15) is 4.79 Å². The molecule has 0 saturated heterocycles. The van der Waals surface area contributed by atoms with E-state index in [-0.39, 0.29) is 5.56 Å². The number of aryl methyl sites for hydroxylation is 2. The molecular formula is C20H25N3OS. The fraction of sp³-hybridized carbons (Fsp3) is 0.400. The number of rotatable bonds is 6. The molecule has 3 rings (SSSR count). The Hall–Kier alpha value is -2.01. The van der Waals surface area contributed by atoms with Crippen LogP contribution in [-0.2, 0) is 12.3 Å². The Morgan fingerprint density at radius 1 is 1.24 bits per heavy atom. The third-order valence-electron chi connectivity index (χ3n) is 4.22. The average Bonchev–Trinajstić information content (AvgIpc) is 2.93. The molecule has 0 amide bonds. The minimum Gasteiger partial charge on any atom is -0.353 e. The lowest BCUT2D eigenvalue weighted by Crippen LogP contribution is -2.24. The number of thioether (sulfide) groups is 1. The first-order chi connectivity index (χ1) is 11.9. The van der Waals surface area contributed by atoms with E-state index in [2.05, 4.69) is 50.0 Å². The van der Waals surface area contributed by atoms with Crippen LogP contribution in [0.1, 0.15) is 37.1 Å². The molecule has 132 valence electrons. The van der Waals surface area contributed by atoms with Gasteiger partial charge in [0.1, 0.15) is 5.52 Å². The zero-order valence-corrected chi connectivity index (χ0v) is 16.1. The lowest BCUT2D eigenvalue weighted by atomic mass is 10.1. The van der Waals surface area contributed by atoms with Gasteiger partial charge in [0, 0.05) is 18.0 Å². The molecule has 25 heavy (non-hydrogen) atoms. The SMILES string of the molecule is Cc1cccc(CSc2nc3cc(C)[nH]c3c(=O)n2CCC(C)C)c1. The molecule has 1 N–H and O–H groups in total. The zero-order valence-electron chi connectivity index (χ0n) is 15.3. The van der Waals surface area contributed by atoms with Crippen LogP contribution < -0.4 is 5.56 Å². The normalized spacial score (nSPS) is 11.6. The summed E-state index contributed by atoms with van der Waals surface area (Å²) >= 11 is 1.64. The van der Waals surface area contributed by atoms with Crippen LogP contribution in [0.5, 0.6) is 0 Å². The molecule has 1 aromatic carbocycles. The number of nitrogens with one attached hydrogen (secondary N) is 1. The van der Waals surface area contributed by atoms with Gasteiger partial charge in [0.2, 0.25) is 0 Å². The predicted molar refractivity (Wildman–Crippen MR) is 105 cm³/mol. The molecule has 0 bridgehead atoms. The van der Waals surface area contributed by atoms with Gasteiger partial charge >= 0.3 is 0 Å². The second kappa shape index (κ2) is 7.48. The van der Waals surface area contributed by atoms with Crippen molar-refractivity contribution in [2.45, 2.75) is 51.6 Å². The van der Waals surface area contributed by atoms with Crippen LogP contribution in [0.15, 0.2) is 40.3 Å². The Morgan fingerprint density at radius 3 is 2.76 bits per heavy atom. The third kappa shape index (κ3) is 4.15. The maximum absolute atomic E-state index is 12.9. The lowest BCUT2D eigenvalue weighted by Gasteiger charge is -2.13. The Kier molecular flexibility index (Phi) is 5.33. The molecule has 0 spiro atoms. The molecule has 0 radical (unpaired) electrons. The van der Waals surface area contributed by atoms with E-state index in [0.29, 0.717) is 18.0 Å². The van der Waals surface area contributed by atoms with Crippen molar-refractivity contribution in [3.8, 4) is 0 Å². The highest BCUT2D eigenvalue weighted by atomic mass is 32.2. The van der Waals surface area contributed by atoms with Gasteiger partial charge in [-0.25, -0.2) is 4.98 Å². The van der Waals surface area contributed by atoms with E-state index in [0.717, 1.165) is 28.5 Å². The standard InChI is InChI=1S/C20H25N3OS/c1-13(2)8-9-23-19(24)18-17(11-15(4)21-18)22-20(23)25-12-16-7-5-6-14(3)10-16/h5-7,10-11,13,21H,8-9,12H2,1-4H3. The summed E-state index contributed by atoms with van der Waals surface area (Å²) < 4.78 is 1.83. The van der Waals surface area contributed by atoms with Crippen LogP contribution in [0.3, 0.4) is 0 Å². The number of fused-ring (bicyclic) bond motifs is 1. The molecule has 2 aromatic heterocycles. The molecule has 0 aliphatic rings. The van der Waals surface area contributed by atoms with Gasteiger partial charge in [-0.05, 0) is 37.8 Å². The minimum atomic E-state index is 0.0329. The highest BCUT2D eigenvalue weighted by Gasteiger charge is 2.14. The summed E-state index contributed by atoms with van der Waals surface area (Å²) in [5.41, 5.74) is 4.87. The Balaban J connectivity index is 1.96. The van der Waals surface area contributed by atoms with Gasteiger partial charge in [-0.3, -0.25) is 9.36 Å². The summed E-state index contributed by atoms with van der Waals surface area (Å²) in [5, 5.41) is 0.804. The highest BCUT2D eigenvalue weighted by Crippen LogP contribution is 2.23. The molecule has 4 nitrogen and oxygen atoms in total. The number of aromatic amines is 1. The fourth-order valence-corrected chi connectivity index (χ4v) is 3.82. The van der Waals surface area contributed by atoms with Gasteiger partial charge in [-0.2, -0.15) is 0 Å². The van der Waals surface area contributed by atoms with Gasteiger partial charge in [-0.1, -0.05) is 55.4 Å². The van der Waals surface area contributed by atoms with E-state index in [1.54, 1.807) is 11.8 Å². The number of hydrogen-bond acceptors (Lipinski definition) is 3. The quantitative estimate of drug-likeness (QED) is 0.516. The van der Waals surface area contributed by atoms with Crippen LogP contribution in [0.2, 0.25) is 0 Å². The molecule has 0 aliphatic carbocycles. The maximum atomic E-state index is 12.9. The second-order valence-electron chi connectivity index (χ2n) is 7.02. The largest absolute Gasteiger partial charge is 0.353 e. The van der Waals surface area contributed by atoms with Crippen molar-refractivity contribution in [3.63, 3.8) is 0 Å². The number of aromatic nitrogens is 3. The monoisotopic (exact) mass is 355 g/mol. The van der Waals surface area contributed by atoms with Gasteiger partial charge in [0.15, 0.2) is 5.16 Å². The van der Waals surface area contributed by atoms with Gasteiger partial charge in [0.25, 0.3) is 5.56 Å². The molecule has 0 fully saturated rings. The topological polar surface area (TPSA) is 50.7 Å². The minimum absolute atomic E-state index is 0.0329. The zero-order chi connectivity index (χ0) is 18.0. The first-order valence-corrected chi connectivity index (χ1v) is 9.71. The molecule has 0 aliphatic heterocycles. The predicted octanol–water partition coefficient (Wildman–Crippen LogP) is 4.68. The number of hydrogen-bond donors (Lipinski definition) is 1. The van der Waals surface area contributed by atoms with Crippen molar-refractivity contribution in [3.05, 3.63) is 57.5 Å². The van der Waals surface area contributed by atoms with Crippen LogP contribution in [0.25, 0.3) is 11.0 Å². The molecular weight excluding hydrogens is 330 g/mol. The van der Waals surface area contributed by atoms with Crippen molar-refractivity contribution in [2.75, 3.05) is 0 Å². The third-order valence-corrected chi connectivity index (χ3v) is 5.27. The molecule has 0 atom stereocenters. The van der Waals surface area contributed by atoms with Crippen molar-refractivity contribution in [1.82, 2.24) is 14.5 Å². The average molecular weight is 356 g/mol. The highest BCUT2D eigenvalue weighted by molar-refractivity contribution is 7.98. The van der Waals surface area contributed by atoms with Crippen LogP contribution in [0.4, 0.5) is 0 Å². The van der Waals surface area contributed by atoms with E-state index in [1.165, 1.54) is 11.1 Å². The first kappa shape index (κ1) is 17.8. The smallest absolute Gasteiger partial charge is 0.278 e. The first-order valence-electron chi connectivity index (χ1n) is 8.72. The van der Waals surface area contributed by atoms with Crippen molar-refractivity contribution in [1.29, 1.82) is 0 Å². The summed E-state index contributed by atoms with van der Waals surface area (Å²) in [6.45, 7) is 9.11. The van der Waals surface area contributed by atoms with E-state index in [4.69, 9.17) is 4.98 Å². The Bertz CT molecular complexity index is 940. The van der Waals surface area contributed by atoms with Crippen molar-refractivity contribution >= 4 is 22.8 Å². The number of H-pyrrole nitrogens is 1. The molecule has 3 aromatic rings. The summed E-state index contributed by atoms with van der Waals surface area (Å²) in [4.78, 5) is 20.8. The van der Waals surface area contributed by atoms with Crippen LogP contribution in [-0.4, -0.2) is 14.5 Å². The van der Waals surface area contributed by atoms with Crippen LogP contribution in [0, 0.1) is 19.8 Å². The Morgan fingerprint density at radius 2 is 2.04 bits per heavy atom. The Labute approximate surface area is 152 Å². The van der Waals surface area contributed by atoms with Crippen molar-refractivity contribution in [2.24, 2.45) is 5.92 Å². The van der Waals surface area contributed by atoms with E-state index < -0.39 is 0 Å². The maximum Gasteiger partial charge on any atom is 0.278 e. The van der Waals surface area contributed by atoms with Gasteiger partial charge in [-0.15, -0.1) is 0 Å². The van der Waals surface area contributed by atoms with E-state index >= 15 is 0 Å². The van der Waals surface area contributed by atoms with Gasteiger partial charge < -0.3 is 4.98 Å². The summed E-state index contributed by atoms with van der Waals surface area (Å²) in [6, 6.07) is 10.4. The van der Waals surface area contributed by atoms with Crippen molar-refractivity contribution < 1.29 is 0 Å². The van der Waals surface area contributed by atoms with E-state index in [1.807, 2.05) is 17.6 Å². The van der Waals surface area contributed by atoms with Gasteiger partial charge in [0.05, 0.1) is 5.52 Å². The number of benzene rings is 1. The second-order valence-corrected chi connectivity index (χ2v) is 7.97. The molecule has 2 heterocycles. The van der Waals surface area contributed by atoms with Crippen LogP contribution >= 0.6 is 11.8 Å². The molecule has 0 saturated carbocycles. The summed E-state index contributed by atoms with van der Waals surface area (Å²) in [6.07, 6.45) is 0.963. The summed E-state index contributed by atoms with van der Waals surface area (Å²) in [5.74, 6) is 1.35. The number of nitrogens with zero attached hydrogens (tertiary/aromatic N) is 2. The molecule has 5 heteroatoms.